The Hall–Kier alpha value is -8.00. The molecule has 1 aliphatic carbocycles. The largest absolute Gasteiger partial charge is 0.310 e. The molecular weight excluding hydrogens is 771 g/mol. The van der Waals surface area contributed by atoms with Crippen molar-refractivity contribution in [1.82, 2.24) is 0 Å². The highest BCUT2D eigenvalue weighted by Crippen LogP contribution is 2.52. The normalized spacial score (nSPS) is 12.7. The molecule has 64 heavy (non-hydrogen) atoms. The van der Waals surface area contributed by atoms with Gasteiger partial charge < -0.3 is 4.90 Å². The highest BCUT2D eigenvalue weighted by molar-refractivity contribution is 6.26. The minimum atomic E-state index is -0.157. The molecule has 11 aromatic carbocycles. The number of anilines is 3. The Morgan fingerprint density at radius 2 is 0.641 bits per heavy atom. The first-order valence-corrected chi connectivity index (χ1v) is 22.3. The highest BCUT2D eigenvalue weighted by Gasteiger charge is 2.36. The van der Waals surface area contributed by atoms with Crippen LogP contribution in [0.1, 0.15) is 25.0 Å². The van der Waals surface area contributed by atoms with Gasteiger partial charge in [-0.2, -0.15) is 0 Å². The van der Waals surface area contributed by atoms with E-state index in [0.717, 1.165) is 17.1 Å². The first-order chi connectivity index (χ1) is 31.5. The van der Waals surface area contributed by atoms with Gasteiger partial charge in [0.2, 0.25) is 0 Å². The van der Waals surface area contributed by atoms with Crippen LogP contribution in [0.15, 0.2) is 237 Å². The molecule has 1 aliphatic rings. The zero-order valence-electron chi connectivity index (χ0n) is 36.0. The summed E-state index contributed by atoms with van der Waals surface area (Å²) in [6.07, 6.45) is 0. The number of fused-ring (bicyclic) bond motifs is 9. The summed E-state index contributed by atoms with van der Waals surface area (Å²) in [5.41, 5.74) is 18.2. The van der Waals surface area contributed by atoms with Crippen molar-refractivity contribution in [1.29, 1.82) is 0 Å². The predicted molar refractivity (Wildman–Crippen MR) is 273 cm³/mol. The molecule has 0 atom stereocenters. The second kappa shape index (κ2) is 15.1. The maximum Gasteiger partial charge on any atom is 0.0467 e. The molecule has 0 fully saturated rings. The van der Waals surface area contributed by atoms with E-state index in [1.807, 2.05) is 0 Å². The van der Waals surface area contributed by atoms with E-state index in [0.29, 0.717) is 0 Å². The number of benzene rings is 11. The van der Waals surface area contributed by atoms with Gasteiger partial charge in [0.05, 0.1) is 0 Å². The smallest absolute Gasteiger partial charge is 0.0467 e. The van der Waals surface area contributed by atoms with Crippen molar-refractivity contribution in [2.45, 2.75) is 19.3 Å². The van der Waals surface area contributed by atoms with Crippen molar-refractivity contribution in [3.63, 3.8) is 0 Å². The zero-order valence-corrected chi connectivity index (χ0v) is 36.0. The maximum atomic E-state index is 2.49. The van der Waals surface area contributed by atoms with E-state index in [1.54, 1.807) is 0 Å². The molecule has 0 saturated heterocycles. The molecule has 1 nitrogen and oxygen atoms in total. The van der Waals surface area contributed by atoms with Gasteiger partial charge in [-0.05, 0) is 160 Å². The van der Waals surface area contributed by atoms with Gasteiger partial charge in [-0.3, -0.25) is 0 Å². The second-order valence-electron chi connectivity index (χ2n) is 17.7. The first-order valence-electron chi connectivity index (χ1n) is 22.3. The summed E-state index contributed by atoms with van der Waals surface area (Å²) in [5, 5.41) is 7.91. The number of nitrogens with zero attached hydrogens (tertiary/aromatic N) is 1. The highest BCUT2D eigenvalue weighted by atomic mass is 15.1. The van der Waals surface area contributed by atoms with E-state index in [-0.39, 0.29) is 5.41 Å². The molecule has 0 aliphatic heterocycles. The SMILES string of the molecule is CC1(C)c2cc(-c3cccc(-c4cccc(N(c5ccc(-c6ccccc6)cc5)c5ccc(-c6ccccc6)cc5)c4)c3)ccc2-c2cc3c4ccccc4c4ccccc4c3cc21. The van der Waals surface area contributed by atoms with Crippen molar-refractivity contribution >= 4 is 49.4 Å². The van der Waals surface area contributed by atoms with Crippen molar-refractivity contribution in [3.8, 4) is 55.6 Å². The summed E-state index contributed by atoms with van der Waals surface area (Å²) in [4.78, 5) is 2.37. The molecule has 12 rings (SSSR count). The Morgan fingerprint density at radius 3 is 1.19 bits per heavy atom. The Kier molecular flexibility index (Phi) is 8.91. The number of hydrogen-bond donors (Lipinski definition) is 0. The van der Waals surface area contributed by atoms with Gasteiger partial charge in [0, 0.05) is 22.5 Å². The molecule has 0 aromatic heterocycles. The average Bonchev–Trinajstić information content (AvgIpc) is 3.59. The summed E-state index contributed by atoms with van der Waals surface area (Å²) in [5.74, 6) is 0. The lowest BCUT2D eigenvalue weighted by atomic mass is 9.80. The Bertz CT molecular complexity index is 3460. The van der Waals surface area contributed by atoms with E-state index >= 15 is 0 Å². The molecular formula is C63H45N. The third-order valence-corrected chi connectivity index (χ3v) is 13.6. The second-order valence-corrected chi connectivity index (χ2v) is 17.7. The fourth-order valence-electron chi connectivity index (χ4n) is 10.3. The van der Waals surface area contributed by atoms with Gasteiger partial charge in [-0.1, -0.05) is 190 Å². The Labute approximate surface area is 375 Å². The van der Waals surface area contributed by atoms with Gasteiger partial charge in [-0.15, -0.1) is 0 Å². The lowest BCUT2D eigenvalue weighted by Gasteiger charge is -2.26. The summed E-state index contributed by atoms with van der Waals surface area (Å²) in [6.45, 7) is 4.79. The van der Waals surface area contributed by atoms with Crippen LogP contribution in [0.3, 0.4) is 0 Å². The molecule has 0 heterocycles. The van der Waals surface area contributed by atoms with Gasteiger partial charge in [0.25, 0.3) is 0 Å². The van der Waals surface area contributed by atoms with Crippen LogP contribution in [0.5, 0.6) is 0 Å². The van der Waals surface area contributed by atoms with Gasteiger partial charge >= 0.3 is 0 Å². The van der Waals surface area contributed by atoms with Crippen molar-refractivity contribution in [2.24, 2.45) is 0 Å². The molecule has 1 heteroatoms. The Balaban J connectivity index is 0.915. The molecule has 0 unspecified atom stereocenters. The minimum absolute atomic E-state index is 0.157. The predicted octanol–water partition coefficient (Wildman–Crippen LogP) is 17.6. The van der Waals surface area contributed by atoms with Crippen molar-refractivity contribution in [3.05, 3.63) is 248 Å². The van der Waals surface area contributed by atoms with Crippen LogP contribution in [0.25, 0.3) is 88.0 Å². The summed E-state index contributed by atoms with van der Waals surface area (Å²) in [6, 6.07) is 86.9. The topological polar surface area (TPSA) is 3.24 Å². The fraction of sp³-hybridized carbons (Fsp3) is 0.0476. The van der Waals surface area contributed by atoms with E-state index in [1.165, 1.54) is 99.1 Å². The third kappa shape index (κ3) is 6.31. The Morgan fingerprint density at radius 1 is 0.250 bits per heavy atom. The monoisotopic (exact) mass is 815 g/mol. The van der Waals surface area contributed by atoms with E-state index in [9.17, 15) is 0 Å². The van der Waals surface area contributed by atoms with Crippen LogP contribution < -0.4 is 4.90 Å². The molecule has 0 spiro atoms. The molecule has 11 aromatic rings. The van der Waals surface area contributed by atoms with Crippen LogP contribution in [-0.2, 0) is 5.41 Å². The first kappa shape index (κ1) is 37.7. The van der Waals surface area contributed by atoms with Crippen LogP contribution in [0, 0.1) is 0 Å². The van der Waals surface area contributed by atoms with E-state index in [4.69, 9.17) is 0 Å². The molecule has 0 bridgehead atoms. The van der Waals surface area contributed by atoms with Crippen LogP contribution >= 0.6 is 0 Å². The molecule has 0 saturated carbocycles. The average molecular weight is 816 g/mol. The number of hydrogen-bond acceptors (Lipinski definition) is 1. The summed E-state index contributed by atoms with van der Waals surface area (Å²) < 4.78 is 0. The van der Waals surface area contributed by atoms with Crippen LogP contribution in [0.4, 0.5) is 17.1 Å². The minimum Gasteiger partial charge on any atom is -0.310 e. The summed E-state index contributed by atoms with van der Waals surface area (Å²) in [7, 11) is 0. The van der Waals surface area contributed by atoms with Crippen LogP contribution in [0.2, 0.25) is 0 Å². The van der Waals surface area contributed by atoms with Crippen molar-refractivity contribution < 1.29 is 0 Å². The quantitative estimate of drug-likeness (QED) is 0.145. The molecule has 0 N–H and O–H groups in total. The third-order valence-electron chi connectivity index (χ3n) is 13.6. The molecule has 302 valence electrons. The lowest BCUT2D eigenvalue weighted by molar-refractivity contribution is 0.661. The van der Waals surface area contributed by atoms with Gasteiger partial charge in [-0.25, -0.2) is 0 Å². The maximum absolute atomic E-state index is 2.49. The molecule has 0 amide bonds. The van der Waals surface area contributed by atoms with Gasteiger partial charge in [0.1, 0.15) is 0 Å². The van der Waals surface area contributed by atoms with Crippen LogP contribution in [-0.4, -0.2) is 0 Å². The summed E-state index contributed by atoms with van der Waals surface area (Å²) >= 11 is 0. The molecule has 0 radical (unpaired) electrons. The van der Waals surface area contributed by atoms with E-state index < -0.39 is 0 Å². The zero-order chi connectivity index (χ0) is 42.8. The standard InChI is InChI=1S/C63H45N/c1-63(2)61-39-49(31-36-57(61)60-40-58-55-25-11-9-23-53(55)54-24-10-12-26-56(54)59(58)41-62(60)63)47-20-13-19-46(37-47)48-21-14-22-52(38-48)64(50-32-27-44(28-33-50)42-15-5-3-6-16-42)51-34-29-45(30-35-51)43-17-7-4-8-18-43/h3-41H,1-2H3. The van der Waals surface area contributed by atoms with Crippen molar-refractivity contribution in [2.75, 3.05) is 4.90 Å². The number of rotatable bonds is 7. The van der Waals surface area contributed by atoms with E-state index in [2.05, 4.69) is 255 Å². The fourth-order valence-corrected chi connectivity index (χ4v) is 10.3. The lowest BCUT2D eigenvalue weighted by Crippen LogP contribution is -2.15. The van der Waals surface area contributed by atoms with Gasteiger partial charge in [0.15, 0.2) is 0 Å².